The van der Waals surface area contributed by atoms with Gasteiger partial charge in [0.2, 0.25) is 5.91 Å². The second-order valence-corrected chi connectivity index (χ2v) is 9.03. The van der Waals surface area contributed by atoms with Crippen molar-refractivity contribution in [3.8, 4) is 5.75 Å². The molecule has 2 rings (SSSR count). The van der Waals surface area contributed by atoms with Crippen LogP contribution in [0.15, 0.2) is 42.6 Å². The predicted octanol–water partition coefficient (Wildman–Crippen LogP) is 4.74. The standard InChI is InChI=1S/C26H39N3O3/c1-7-8-16-32-24-13-11-22(12-14-24)26(31)29(21(4)5)19-25(30)28(17-20(2)3)18-23-10-9-15-27(23)6/h9-15,20-21H,7-8,16-19H2,1-6H3. The first-order valence-corrected chi connectivity index (χ1v) is 11.6. The highest BCUT2D eigenvalue weighted by atomic mass is 16.5. The first-order valence-electron chi connectivity index (χ1n) is 11.6. The van der Waals surface area contributed by atoms with Crippen molar-refractivity contribution < 1.29 is 14.3 Å². The summed E-state index contributed by atoms with van der Waals surface area (Å²) in [6.45, 7) is 12.1. The molecule has 6 heteroatoms. The van der Waals surface area contributed by atoms with Crippen molar-refractivity contribution >= 4 is 11.8 Å². The molecule has 2 aromatic rings. The van der Waals surface area contributed by atoms with Crippen molar-refractivity contribution in [3.63, 3.8) is 0 Å². The summed E-state index contributed by atoms with van der Waals surface area (Å²) >= 11 is 0. The number of aromatic nitrogens is 1. The molecule has 32 heavy (non-hydrogen) atoms. The molecule has 0 aliphatic carbocycles. The molecule has 1 aromatic heterocycles. The molecule has 6 nitrogen and oxygen atoms in total. The minimum absolute atomic E-state index is 0.0403. The van der Waals surface area contributed by atoms with Crippen LogP contribution in [0, 0.1) is 5.92 Å². The number of unbranched alkanes of at least 4 members (excludes halogenated alkanes) is 1. The molecular formula is C26H39N3O3. The molecule has 1 aromatic carbocycles. The Labute approximate surface area is 193 Å². The molecule has 0 aliphatic rings. The molecule has 0 radical (unpaired) electrons. The summed E-state index contributed by atoms with van der Waals surface area (Å²) in [6.07, 6.45) is 4.05. The Bertz CT molecular complexity index is 855. The summed E-state index contributed by atoms with van der Waals surface area (Å²) in [7, 11) is 1.98. The first-order chi connectivity index (χ1) is 15.2. The van der Waals surface area contributed by atoms with Crippen molar-refractivity contribution in [1.82, 2.24) is 14.4 Å². The number of carbonyl (C=O) groups is 2. The van der Waals surface area contributed by atoms with E-state index in [1.54, 1.807) is 17.0 Å². The SMILES string of the molecule is CCCCOc1ccc(C(=O)N(CC(=O)N(Cc2cccn2C)CC(C)C)C(C)C)cc1. The molecule has 0 unspecified atom stereocenters. The van der Waals surface area contributed by atoms with E-state index in [9.17, 15) is 9.59 Å². The van der Waals surface area contributed by atoms with Crippen LogP contribution in [0.2, 0.25) is 0 Å². The Morgan fingerprint density at radius 3 is 2.28 bits per heavy atom. The largest absolute Gasteiger partial charge is 0.494 e. The highest BCUT2D eigenvalue weighted by molar-refractivity contribution is 5.96. The maximum absolute atomic E-state index is 13.3. The lowest BCUT2D eigenvalue weighted by atomic mass is 10.1. The fraction of sp³-hybridized carbons (Fsp3) is 0.538. The van der Waals surface area contributed by atoms with Gasteiger partial charge in [0.05, 0.1) is 13.2 Å². The maximum Gasteiger partial charge on any atom is 0.254 e. The van der Waals surface area contributed by atoms with E-state index < -0.39 is 0 Å². The van der Waals surface area contributed by atoms with Gasteiger partial charge in [-0.3, -0.25) is 9.59 Å². The lowest BCUT2D eigenvalue weighted by Gasteiger charge is -2.31. The van der Waals surface area contributed by atoms with Gasteiger partial charge in [-0.05, 0) is 62.6 Å². The van der Waals surface area contributed by atoms with Crippen molar-refractivity contribution in [2.45, 2.75) is 60.0 Å². The van der Waals surface area contributed by atoms with E-state index in [0.717, 1.165) is 24.3 Å². The summed E-state index contributed by atoms with van der Waals surface area (Å²) in [5, 5.41) is 0. The van der Waals surface area contributed by atoms with Gasteiger partial charge in [-0.2, -0.15) is 0 Å². The molecule has 176 valence electrons. The summed E-state index contributed by atoms with van der Waals surface area (Å²) in [5.41, 5.74) is 1.63. The molecule has 0 bridgehead atoms. The highest BCUT2D eigenvalue weighted by Crippen LogP contribution is 2.16. The van der Waals surface area contributed by atoms with E-state index in [2.05, 4.69) is 20.8 Å². The molecule has 0 aliphatic heterocycles. The Morgan fingerprint density at radius 1 is 1.06 bits per heavy atom. The molecule has 0 fully saturated rings. The molecule has 0 saturated carbocycles. The Morgan fingerprint density at radius 2 is 1.75 bits per heavy atom. The number of benzene rings is 1. The number of ether oxygens (including phenoxy) is 1. The van der Waals surface area contributed by atoms with Crippen LogP contribution in [0.4, 0.5) is 0 Å². The Kier molecular flexibility index (Phi) is 9.82. The maximum atomic E-state index is 13.3. The monoisotopic (exact) mass is 441 g/mol. The topological polar surface area (TPSA) is 54.8 Å². The molecule has 0 saturated heterocycles. The van der Waals surface area contributed by atoms with Crippen molar-refractivity contribution in [1.29, 1.82) is 0 Å². The molecule has 0 atom stereocenters. The van der Waals surface area contributed by atoms with Crippen LogP contribution in [-0.2, 0) is 18.4 Å². The van der Waals surface area contributed by atoms with Gasteiger partial charge in [0.25, 0.3) is 5.91 Å². The summed E-state index contributed by atoms with van der Waals surface area (Å²) < 4.78 is 7.72. The molecule has 2 amide bonds. The van der Waals surface area contributed by atoms with Crippen molar-refractivity contribution in [3.05, 3.63) is 53.9 Å². The van der Waals surface area contributed by atoms with E-state index in [4.69, 9.17) is 4.74 Å². The van der Waals surface area contributed by atoms with Crippen LogP contribution in [0.5, 0.6) is 5.75 Å². The molecule has 0 spiro atoms. The quantitative estimate of drug-likeness (QED) is 0.447. The van der Waals surface area contributed by atoms with Gasteiger partial charge in [-0.1, -0.05) is 27.2 Å². The molecule has 0 N–H and O–H groups in total. The highest BCUT2D eigenvalue weighted by Gasteiger charge is 2.25. The number of hydrogen-bond acceptors (Lipinski definition) is 3. The van der Waals surface area contributed by atoms with E-state index in [0.29, 0.717) is 31.2 Å². The Balaban J connectivity index is 2.11. The lowest BCUT2D eigenvalue weighted by molar-refractivity contribution is -0.133. The number of amides is 2. The third-order valence-electron chi connectivity index (χ3n) is 5.40. The molecule has 1 heterocycles. The van der Waals surface area contributed by atoms with Gasteiger partial charge in [0.1, 0.15) is 12.3 Å². The summed E-state index contributed by atoms with van der Waals surface area (Å²) in [4.78, 5) is 30.0. The van der Waals surface area contributed by atoms with Gasteiger partial charge in [0.15, 0.2) is 0 Å². The number of carbonyl (C=O) groups excluding carboxylic acids is 2. The summed E-state index contributed by atoms with van der Waals surface area (Å²) in [5.74, 6) is 0.911. The normalized spacial score (nSPS) is 11.1. The predicted molar refractivity (Wildman–Crippen MR) is 129 cm³/mol. The second-order valence-electron chi connectivity index (χ2n) is 9.03. The molecular weight excluding hydrogens is 402 g/mol. The van der Waals surface area contributed by atoms with Crippen LogP contribution in [0.25, 0.3) is 0 Å². The van der Waals surface area contributed by atoms with Gasteiger partial charge in [-0.15, -0.1) is 0 Å². The lowest BCUT2D eigenvalue weighted by Crippen LogP contribution is -2.46. The number of rotatable bonds is 12. The summed E-state index contributed by atoms with van der Waals surface area (Å²) in [6, 6.07) is 11.1. The van der Waals surface area contributed by atoms with Crippen LogP contribution in [-0.4, -0.2) is 51.9 Å². The van der Waals surface area contributed by atoms with E-state index >= 15 is 0 Å². The van der Waals surface area contributed by atoms with Gasteiger partial charge in [0, 0.05) is 37.1 Å². The smallest absolute Gasteiger partial charge is 0.254 e. The zero-order chi connectivity index (χ0) is 23.7. The fourth-order valence-corrected chi connectivity index (χ4v) is 3.48. The third-order valence-corrected chi connectivity index (χ3v) is 5.40. The first kappa shape index (κ1) is 25.5. The minimum atomic E-state index is -0.142. The zero-order valence-corrected chi connectivity index (χ0v) is 20.5. The van der Waals surface area contributed by atoms with E-state index in [-0.39, 0.29) is 24.4 Å². The van der Waals surface area contributed by atoms with Crippen LogP contribution < -0.4 is 4.74 Å². The van der Waals surface area contributed by atoms with Gasteiger partial charge >= 0.3 is 0 Å². The minimum Gasteiger partial charge on any atom is -0.494 e. The Hall–Kier alpha value is -2.76. The fourth-order valence-electron chi connectivity index (χ4n) is 3.48. The number of aryl methyl sites for hydroxylation is 1. The zero-order valence-electron chi connectivity index (χ0n) is 20.5. The van der Waals surface area contributed by atoms with Crippen LogP contribution in [0.3, 0.4) is 0 Å². The number of hydrogen-bond donors (Lipinski definition) is 0. The van der Waals surface area contributed by atoms with Gasteiger partial charge < -0.3 is 19.1 Å². The van der Waals surface area contributed by atoms with Crippen LogP contribution >= 0.6 is 0 Å². The van der Waals surface area contributed by atoms with Crippen molar-refractivity contribution in [2.24, 2.45) is 13.0 Å². The average molecular weight is 442 g/mol. The number of nitrogens with zero attached hydrogens (tertiary/aromatic N) is 3. The van der Waals surface area contributed by atoms with Crippen LogP contribution in [0.1, 0.15) is 63.5 Å². The average Bonchev–Trinajstić information content (AvgIpc) is 3.15. The van der Waals surface area contributed by atoms with E-state index in [1.807, 2.05) is 60.8 Å². The third kappa shape index (κ3) is 7.43. The van der Waals surface area contributed by atoms with E-state index in [1.165, 1.54) is 0 Å². The van der Waals surface area contributed by atoms with Gasteiger partial charge in [-0.25, -0.2) is 0 Å². The van der Waals surface area contributed by atoms with Crippen molar-refractivity contribution in [2.75, 3.05) is 19.7 Å². The second kappa shape index (κ2) is 12.3.